The van der Waals surface area contributed by atoms with Crippen LogP contribution in [0.15, 0.2) is 133 Å². The Balaban J connectivity index is 1.27. The Hall–Kier alpha value is -5.80. The predicted molar refractivity (Wildman–Crippen MR) is 318 cm³/mol. The van der Waals surface area contributed by atoms with Crippen LogP contribution in [0.4, 0.5) is 34.1 Å². The van der Waals surface area contributed by atoms with E-state index in [1.807, 2.05) is 0 Å². The van der Waals surface area contributed by atoms with Crippen molar-refractivity contribution in [2.75, 3.05) is 9.80 Å². The van der Waals surface area contributed by atoms with Gasteiger partial charge in [0.1, 0.15) is 0 Å². The third-order valence-electron chi connectivity index (χ3n) is 18.3. The van der Waals surface area contributed by atoms with E-state index >= 15 is 0 Å². The fourth-order valence-electron chi connectivity index (χ4n) is 13.1. The molecule has 73 heavy (non-hydrogen) atoms. The summed E-state index contributed by atoms with van der Waals surface area (Å²) in [6.07, 6.45) is 4.71. The minimum Gasteiger partial charge on any atom is -0.311 e. The van der Waals surface area contributed by atoms with Crippen LogP contribution in [0.1, 0.15) is 182 Å². The van der Waals surface area contributed by atoms with Crippen LogP contribution in [0.3, 0.4) is 0 Å². The van der Waals surface area contributed by atoms with Gasteiger partial charge in [0.05, 0.1) is 5.69 Å². The van der Waals surface area contributed by atoms with Crippen LogP contribution < -0.4 is 26.2 Å². The molecule has 2 nitrogen and oxygen atoms in total. The highest BCUT2D eigenvalue weighted by atomic mass is 15.2. The molecule has 0 radical (unpaired) electrons. The summed E-state index contributed by atoms with van der Waals surface area (Å²) < 4.78 is 0. The van der Waals surface area contributed by atoms with E-state index in [9.17, 15) is 0 Å². The van der Waals surface area contributed by atoms with E-state index in [0.717, 1.165) is 0 Å². The van der Waals surface area contributed by atoms with Gasteiger partial charge in [-0.1, -0.05) is 203 Å². The van der Waals surface area contributed by atoms with Crippen molar-refractivity contribution < 1.29 is 0 Å². The Morgan fingerprint density at radius 1 is 0.356 bits per heavy atom. The molecule has 3 heteroatoms. The monoisotopic (exact) mass is 961 g/mol. The Kier molecular flexibility index (Phi) is 11.1. The number of fused-ring (bicyclic) bond motifs is 6. The molecule has 2 aliphatic heterocycles. The lowest BCUT2D eigenvalue weighted by Crippen LogP contribution is -2.62. The molecule has 0 N–H and O–H groups in total. The Morgan fingerprint density at radius 3 is 1.41 bits per heavy atom. The van der Waals surface area contributed by atoms with Gasteiger partial charge in [-0.25, -0.2) is 0 Å². The van der Waals surface area contributed by atoms with Crippen molar-refractivity contribution >= 4 is 57.2 Å². The van der Waals surface area contributed by atoms with Gasteiger partial charge >= 0.3 is 0 Å². The first-order valence-corrected chi connectivity index (χ1v) is 27.6. The molecule has 0 spiro atoms. The largest absolute Gasteiger partial charge is 0.311 e. The first kappa shape index (κ1) is 49.4. The molecule has 0 saturated heterocycles. The number of hydrogen-bond donors (Lipinski definition) is 0. The minimum atomic E-state index is -0.137. The van der Waals surface area contributed by atoms with Crippen LogP contribution in [-0.4, -0.2) is 6.71 Å². The Labute approximate surface area is 440 Å². The highest BCUT2D eigenvalue weighted by Crippen LogP contribution is 2.54. The van der Waals surface area contributed by atoms with Crippen LogP contribution in [-0.2, 0) is 37.9 Å². The van der Waals surface area contributed by atoms with E-state index in [2.05, 4.69) is 261 Å². The quantitative estimate of drug-likeness (QED) is 0.162. The summed E-state index contributed by atoms with van der Waals surface area (Å²) in [6.45, 7) is 41.2. The van der Waals surface area contributed by atoms with E-state index in [4.69, 9.17) is 0 Å². The number of nitrogens with zero attached hydrogens (tertiary/aromatic N) is 2. The fourth-order valence-corrected chi connectivity index (χ4v) is 13.1. The maximum atomic E-state index is 2.73. The van der Waals surface area contributed by atoms with E-state index < -0.39 is 0 Å². The fraction of sp³-hybridized carbons (Fsp3) is 0.400. The average Bonchev–Trinajstić information content (AvgIpc) is 3.33. The van der Waals surface area contributed by atoms with Gasteiger partial charge in [-0.05, 0) is 184 Å². The molecule has 11 rings (SSSR count). The van der Waals surface area contributed by atoms with Gasteiger partial charge in [0.15, 0.2) is 0 Å². The molecule has 0 fully saturated rings. The Morgan fingerprint density at radius 2 is 0.822 bits per heavy atom. The van der Waals surface area contributed by atoms with Crippen LogP contribution in [0.25, 0.3) is 22.3 Å². The standard InChI is InChI=1S/C70H81BN2/c1-64(2,3)47-28-32-58(51(37-47)46-25-23-45(24-26-46)44-21-19-18-20-22-44)73-59-38-48(65(4,5)6)27-31-56(59)71-57-42-54-55(70(16,17)36-35-69(54,14)15)43-60(57)72(61-39-49(66(7,8)9)40-62(73)63(61)71)50-29-30-52-53(41-50)68(12,13)34-33-67(52,10)11/h18-32,37-43H,33-36H2,1-17H3. The second kappa shape index (κ2) is 16.4. The van der Waals surface area contributed by atoms with Crippen LogP contribution in [0, 0.1) is 0 Å². The van der Waals surface area contributed by atoms with Gasteiger partial charge in [-0.2, -0.15) is 0 Å². The second-order valence-electron chi connectivity index (χ2n) is 28.5. The van der Waals surface area contributed by atoms with Crippen molar-refractivity contribution in [2.45, 2.75) is 181 Å². The zero-order valence-corrected chi connectivity index (χ0v) is 47.5. The van der Waals surface area contributed by atoms with Crippen LogP contribution in [0.2, 0.25) is 0 Å². The molecule has 7 aromatic carbocycles. The number of benzene rings is 7. The molecule has 0 bridgehead atoms. The molecule has 0 saturated carbocycles. The second-order valence-corrected chi connectivity index (χ2v) is 28.5. The SMILES string of the molecule is CC(C)(C)c1ccc(N2c3cc(C(C)(C)C)ccc3B3c4cc5c(cc4N(c4ccc6c(c4)C(C)(C)CCC6(C)C)c4cc(C(C)(C)C)cc2c43)C(C)(C)CCC5(C)C)c(-c2ccc(-c3ccccc3)cc2)c1. The van der Waals surface area contributed by atoms with Gasteiger partial charge in [-0.15, -0.1) is 0 Å². The number of rotatable bonds is 4. The van der Waals surface area contributed by atoms with Crippen molar-refractivity contribution in [3.05, 3.63) is 172 Å². The molecular weight excluding hydrogens is 880 g/mol. The van der Waals surface area contributed by atoms with Gasteiger partial charge in [0.25, 0.3) is 6.71 Å². The average molecular weight is 961 g/mol. The molecule has 4 aliphatic rings. The van der Waals surface area contributed by atoms with Crippen molar-refractivity contribution in [1.29, 1.82) is 0 Å². The highest BCUT2D eigenvalue weighted by Gasteiger charge is 2.48. The van der Waals surface area contributed by atoms with Crippen molar-refractivity contribution in [2.24, 2.45) is 0 Å². The summed E-state index contributed by atoms with van der Waals surface area (Å²) in [4.78, 5) is 5.43. The third-order valence-corrected chi connectivity index (χ3v) is 18.3. The summed E-state index contributed by atoms with van der Waals surface area (Å²) in [5.74, 6) is 0. The lowest BCUT2D eigenvalue weighted by molar-refractivity contribution is 0.332. The van der Waals surface area contributed by atoms with Crippen molar-refractivity contribution in [3.8, 4) is 22.3 Å². The summed E-state index contributed by atoms with van der Waals surface area (Å²) in [7, 11) is 0. The third kappa shape index (κ3) is 8.13. The van der Waals surface area contributed by atoms with Gasteiger partial charge in [0.2, 0.25) is 0 Å². The van der Waals surface area contributed by atoms with E-state index in [-0.39, 0.29) is 44.6 Å². The first-order chi connectivity index (χ1) is 34.0. The van der Waals surface area contributed by atoms with Crippen LogP contribution >= 0.6 is 0 Å². The predicted octanol–water partition coefficient (Wildman–Crippen LogP) is 17.7. The zero-order valence-electron chi connectivity index (χ0n) is 47.5. The molecular formula is C70H81BN2. The summed E-state index contributed by atoms with van der Waals surface area (Å²) in [5.41, 5.74) is 26.9. The maximum absolute atomic E-state index is 2.73. The molecule has 0 aromatic heterocycles. The topological polar surface area (TPSA) is 6.48 Å². The zero-order chi connectivity index (χ0) is 52.2. The molecule has 374 valence electrons. The number of hydrogen-bond acceptors (Lipinski definition) is 2. The first-order valence-electron chi connectivity index (χ1n) is 27.6. The summed E-state index contributed by atoms with van der Waals surface area (Å²) in [5, 5.41) is 0. The molecule has 0 atom stereocenters. The Bertz CT molecular complexity index is 3340. The lowest BCUT2D eigenvalue weighted by atomic mass is 9.33. The smallest absolute Gasteiger partial charge is 0.252 e. The van der Waals surface area contributed by atoms with Crippen molar-refractivity contribution in [1.82, 2.24) is 0 Å². The molecule has 0 unspecified atom stereocenters. The van der Waals surface area contributed by atoms with Gasteiger partial charge < -0.3 is 9.80 Å². The molecule has 0 amide bonds. The molecule has 2 heterocycles. The molecule has 2 aliphatic carbocycles. The van der Waals surface area contributed by atoms with E-state index in [1.165, 1.54) is 137 Å². The lowest BCUT2D eigenvalue weighted by Gasteiger charge is -2.48. The normalized spacial score (nSPS) is 18.1. The minimum absolute atomic E-state index is 0.0205. The van der Waals surface area contributed by atoms with E-state index in [0.29, 0.717) is 0 Å². The van der Waals surface area contributed by atoms with Gasteiger partial charge in [-0.3, -0.25) is 0 Å². The van der Waals surface area contributed by atoms with Crippen LogP contribution in [0.5, 0.6) is 0 Å². The molecule has 7 aromatic rings. The van der Waals surface area contributed by atoms with E-state index in [1.54, 1.807) is 0 Å². The van der Waals surface area contributed by atoms with Gasteiger partial charge in [0, 0.05) is 34.0 Å². The highest BCUT2D eigenvalue weighted by molar-refractivity contribution is 7.00. The summed E-state index contributed by atoms with van der Waals surface area (Å²) >= 11 is 0. The maximum Gasteiger partial charge on any atom is 0.252 e. The summed E-state index contributed by atoms with van der Waals surface area (Å²) in [6, 6.07) is 53.2. The number of anilines is 6. The van der Waals surface area contributed by atoms with Crippen molar-refractivity contribution in [3.63, 3.8) is 0 Å².